The molecule has 3 aromatic rings. The van der Waals surface area contributed by atoms with Gasteiger partial charge in [-0.1, -0.05) is 0 Å². The number of pyridine rings is 1. The summed E-state index contributed by atoms with van der Waals surface area (Å²) in [5.74, 6) is -3.77. The minimum absolute atomic E-state index is 0.0688. The van der Waals surface area contributed by atoms with Gasteiger partial charge in [0, 0.05) is 31.3 Å². The number of carbonyl (C=O) groups excluding carboxylic acids is 2. The van der Waals surface area contributed by atoms with Gasteiger partial charge in [-0.15, -0.1) is 0 Å². The molecule has 1 fully saturated rings. The van der Waals surface area contributed by atoms with Crippen LogP contribution < -0.4 is 5.32 Å². The second-order valence-electron chi connectivity index (χ2n) is 10.2. The van der Waals surface area contributed by atoms with Crippen LogP contribution in [0.1, 0.15) is 31.5 Å². The average molecular weight is 545 g/mol. The zero-order valence-corrected chi connectivity index (χ0v) is 22.1. The SMILES string of the molecule is COC(=O)N1CCO[C@@H](Cc2c(-c3c(F)cc(NC(=O)CC(C)(C)C(=O)O)cc3F)nc3cc(C)ccn23)C1. The number of carbonyl (C=O) groups is 3. The summed E-state index contributed by atoms with van der Waals surface area (Å²) in [7, 11) is 1.29. The maximum atomic E-state index is 15.5. The molecule has 12 heteroatoms. The standard InChI is InChI=1S/C27H30F2N4O6/c1-15-5-6-33-20(12-17-14-32(7-8-39-17)26(37)38-4)24(31-21(33)9-15)23-18(28)10-16(11-19(23)29)30-22(34)13-27(2,3)25(35)36/h5-6,9-11,17H,7-8,12-14H2,1-4H3,(H,30,34)(H,35,36)/t17-/m0/s1. The van der Waals surface area contributed by atoms with E-state index in [1.807, 2.05) is 13.0 Å². The average Bonchev–Trinajstić information content (AvgIpc) is 3.19. The van der Waals surface area contributed by atoms with Crippen molar-refractivity contribution < 1.29 is 37.7 Å². The molecule has 2 N–H and O–H groups in total. The number of carboxylic acid groups (broad SMARTS) is 1. The van der Waals surface area contributed by atoms with Crippen LogP contribution in [0.4, 0.5) is 19.3 Å². The van der Waals surface area contributed by atoms with Crippen molar-refractivity contribution in [2.75, 3.05) is 32.1 Å². The fourth-order valence-electron chi connectivity index (χ4n) is 4.50. The Hall–Kier alpha value is -4.06. The summed E-state index contributed by atoms with van der Waals surface area (Å²) in [6.07, 6.45) is 0.618. The molecule has 1 atom stereocenters. The lowest BCUT2D eigenvalue weighted by atomic mass is 9.89. The lowest BCUT2D eigenvalue weighted by Crippen LogP contribution is -2.46. The third-order valence-corrected chi connectivity index (χ3v) is 6.62. The molecule has 3 heterocycles. The summed E-state index contributed by atoms with van der Waals surface area (Å²) >= 11 is 0. The summed E-state index contributed by atoms with van der Waals surface area (Å²) in [5, 5.41) is 11.6. The van der Waals surface area contributed by atoms with Crippen molar-refractivity contribution >= 4 is 29.3 Å². The number of anilines is 1. The molecule has 1 aliphatic rings. The summed E-state index contributed by atoms with van der Waals surface area (Å²) in [6.45, 7) is 5.51. The van der Waals surface area contributed by atoms with Crippen LogP contribution >= 0.6 is 0 Å². The summed E-state index contributed by atoms with van der Waals surface area (Å²) in [6, 6.07) is 5.57. The largest absolute Gasteiger partial charge is 0.481 e. The van der Waals surface area contributed by atoms with Gasteiger partial charge >= 0.3 is 12.1 Å². The number of hydrogen-bond donors (Lipinski definition) is 2. The monoisotopic (exact) mass is 544 g/mol. The van der Waals surface area contributed by atoms with Gasteiger partial charge in [-0.2, -0.15) is 0 Å². The van der Waals surface area contributed by atoms with Crippen LogP contribution in [0.15, 0.2) is 30.5 Å². The normalized spacial score (nSPS) is 15.8. The topological polar surface area (TPSA) is 122 Å². The van der Waals surface area contributed by atoms with Gasteiger partial charge in [0.25, 0.3) is 0 Å². The van der Waals surface area contributed by atoms with Crippen LogP contribution in [0.2, 0.25) is 0 Å². The summed E-state index contributed by atoms with van der Waals surface area (Å²) in [4.78, 5) is 41.7. The number of halogens is 2. The van der Waals surface area contributed by atoms with E-state index in [2.05, 4.69) is 10.3 Å². The van der Waals surface area contributed by atoms with Crippen molar-refractivity contribution in [1.29, 1.82) is 0 Å². The van der Waals surface area contributed by atoms with Crippen molar-refractivity contribution in [3.05, 3.63) is 53.4 Å². The molecule has 39 heavy (non-hydrogen) atoms. The number of morpholine rings is 1. The Morgan fingerprint density at radius 1 is 1.23 bits per heavy atom. The fraction of sp³-hybridized carbons (Fsp3) is 0.407. The van der Waals surface area contributed by atoms with Crippen molar-refractivity contribution in [3.8, 4) is 11.3 Å². The maximum absolute atomic E-state index is 15.5. The summed E-state index contributed by atoms with van der Waals surface area (Å²) < 4.78 is 43.3. The zero-order valence-electron chi connectivity index (χ0n) is 22.1. The van der Waals surface area contributed by atoms with Crippen molar-refractivity contribution in [2.24, 2.45) is 5.41 Å². The molecule has 0 saturated carbocycles. The number of nitrogens with zero attached hydrogens (tertiary/aromatic N) is 3. The van der Waals surface area contributed by atoms with E-state index < -0.39 is 41.1 Å². The van der Waals surface area contributed by atoms with Gasteiger partial charge in [0.2, 0.25) is 5.91 Å². The van der Waals surface area contributed by atoms with E-state index in [0.29, 0.717) is 17.9 Å². The lowest BCUT2D eigenvalue weighted by Gasteiger charge is -2.32. The number of rotatable bonds is 7. The Balaban J connectivity index is 1.68. The van der Waals surface area contributed by atoms with Gasteiger partial charge < -0.3 is 29.2 Å². The van der Waals surface area contributed by atoms with Gasteiger partial charge in [-0.05, 0) is 50.6 Å². The van der Waals surface area contributed by atoms with Crippen molar-refractivity contribution in [2.45, 2.75) is 39.7 Å². The second-order valence-corrected chi connectivity index (χ2v) is 10.2. The number of aryl methyl sites for hydroxylation is 1. The molecule has 2 amide bonds. The number of aliphatic carboxylic acids is 1. The number of benzene rings is 1. The van der Waals surface area contributed by atoms with Gasteiger partial charge in [0.05, 0.1) is 48.7 Å². The zero-order chi connectivity index (χ0) is 28.5. The van der Waals surface area contributed by atoms with Gasteiger partial charge in [-0.25, -0.2) is 18.6 Å². The molecule has 1 saturated heterocycles. The van der Waals surface area contributed by atoms with Crippen molar-refractivity contribution in [3.63, 3.8) is 0 Å². The number of aromatic nitrogens is 2. The highest BCUT2D eigenvalue weighted by atomic mass is 19.1. The van der Waals surface area contributed by atoms with Crippen LogP contribution in [-0.4, -0.2) is 70.3 Å². The first-order valence-corrected chi connectivity index (χ1v) is 12.3. The number of imidazole rings is 1. The van der Waals surface area contributed by atoms with Gasteiger partial charge in [0.1, 0.15) is 17.3 Å². The number of hydrogen-bond acceptors (Lipinski definition) is 6. The quantitative estimate of drug-likeness (QED) is 0.460. The number of ether oxygens (including phenoxy) is 2. The van der Waals surface area contributed by atoms with E-state index in [0.717, 1.165) is 17.7 Å². The molecule has 0 radical (unpaired) electrons. The number of amides is 2. The Bertz CT molecular complexity index is 1410. The minimum atomic E-state index is -1.35. The Morgan fingerprint density at radius 2 is 1.92 bits per heavy atom. The van der Waals surface area contributed by atoms with Gasteiger partial charge in [0.15, 0.2) is 0 Å². The molecule has 1 aromatic carbocycles. The van der Waals surface area contributed by atoms with Gasteiger partial charge in [-0.3, -0.25) is 9.59 Å². The van der Waals surface area contributed by atoms with E-state index >= 15 is 8.78 Å². The number of nitrogens with one attached hydrogen (secondary N) is 1. The molecular weight excluding hydrogens is 514 g/mol. The Morgan fingerprint density at radius 3 is 2.56 bits per heavy atom. The number of fused-ring (bicyclic) bond motifs is 1. The highest BCUT2D eigenvalue weighted by Crippen LogP contribution is 2.33. The van der Waals surface area contributed by atoms with Crippen LogP contribution in [0.25, 0.3) is 16.9 Å². The predicted molar refractivity (Wildman–Crippen MR) is 137 cm³/mol. The molecule has 2 aromatic heterocycles. The Labute approximate surface area is 223 Å². The molecule has 1 aliphatic heterocycles. The first-order chi connectivity index (χ1) is 18.4. The summed E-state index contributed by atoms with van der Waals surface area (Å²) in [5.41, 5.74) is 0.0578. The highest BCUT2D eigenvalue weighted by Gasteiger charge is 2.31. The van der Waals surface area contributed by atoms with E-state index in [4.69, 9.17) is 9.47 Å². The molecular formula is C27H30F2N4O6. The van der Waals surface area contributed by atoms with E-state index in [-0.39, 0.29) is 42.9 Å². The van der Waals surface area contributed by atoms with Crippen LogP contribution in [0.5, 0.6) is 0 Å². The van der Waals surface area contributed by atoms with Crippen molar-refractivity contribution in [1.82, 2.24) is 14.3 Å². The first kappa shape index (κ1) is 28.0. The smallest absolute Gasteiger partial charge is 0.409 e. The maximum Gasteiger partial charge on any atom is 0.409 e. The van der Waals surface area contributed by atoms with E-state index in [9.17, 15) is 19.5 Å². The number of carboxylic acids is 1. The van der Waals surface area contributed by atoms with Crippen LogP contribution in [0, 0.1) is 24.0 Å². The molecule has 10 nitrogen and oxygen atoms in total. The second kappa shape index (κ2) is 11.0. The lowest BCUT2D eigenvalue weighted by molar-refractivity contribution is -0.148. The molecule has 0 bridgehead atoms. The first-order valence-electron chi connectivity index (χ1n) is 12.3. The third-order valence-electron chi connectivity index (χ3n) is 6.62. The molecule has 208 valence electrons. The molecule has 0 spiro atoms. The van der Waals surface area contributed by atoms with E-state index in [1.165, 1.54) is 25.9 Å². The Kier molecular flexibility index (Phi) is 7.86. The number of methoxy groups -OCH3 is 1. The molecule has 0 aliphatic carbocycles. The molecule has 0 unspecified atom stereocenters. The molecule has 4 rings (SSSR count). The fourth-order valence-corrected chi connectivity index (χ4v) is 4.50. The highest BCUT2D eigenvalue weighted by molar-refractivity contribution is 5.94. The predicted octanol–water partition coefficient (Wildman–Crippen LogP) is 4.04. The van der Waals surface area contributed by atoms with Crippen LogP contribution in [-0.2, 0) is 25.5 Å². The van der Waals surface area contributed by atoms with E-state index in [1.54, 1.807) is 16.7 Å². The van der Waals surface area contributed by atoms with Crippen LogP contribution in [0.3, 0.4) is 0 Å². The third kappa shape index (κ3) is 6.00. The minimum Gasteiger partial charge on any atom is -0.481 e.